The van der Waals surface area contributed by atoms with Crippen LogP contribution in [0.5, 0.6) is 0 Å². The number of nitrogens with one attached hydrogen (secondary N) is 1. The van der Waals surface area contributed by atoms with Crippen LogP contribution in [0.2, 0.25) is 0 Å². The maximum atomic E-state index is 5.38. The largest absolute Gasteiger partial charge is 0.334 e. The van der Waals surface area contributed by atoms with E-state index in [2.05, 4.69) is 39.4 Å². The summed E-state index contributed by atoms with van der Waals surface area (Å²) in [4.78, 5) is 9.03. The van der Waals surface area contributed by atoms with E-state index in [1.807, 2.05) is 28.9 Å². The molecular formula is C18H22N6O. The van der Waals surface area contributed by atoms with Crippen LogP contribution in [-0.4, -0.2) is 30.9 Å². The minimum absolute atomic E-state index is 0.347. The predicted molar refractivity (Wildman–Crippen MR) is 92.8 cm³/mol. The van der Waals surface area contributed by atoms with Crippen molar-refractivity contribution in [2.24, 2.45) is 0 Å². The average molecular weight is 338 g/mol. The maximum absolute atomic E-state index is 5.38. The Morgan fingerprint density at radius 2 is 2.04 bits per heavy atom. The molecule has 7 nitrogen and oxygen atoms in total. The summed E-state index contributed by atoms with van der Waals surface area (Å²) < 4.78 is 7.40. The summed E-state index contributed by atoms with van der Waals surface area (Å²) in [5, 5.41) is 12.1. The standard InChI is InChI=1S/C18H22N6O/c1-3-15-20-17-9-8-14(11-24(17)22-15)19-10-16-21-18(25-23-16)13-6-4-12(2)5-7-13/h4-7,14,19H,3,8-11H2,1-2H3. The summed E-state index contributed by atoms with van der Waals surface area (Å²) in [6.07, 6.45) is 2.87. The van der Waals surface area contributed by atoms with Crippen molar-refractivity contribution < 1.29 is 4.52 Å². The first-order chi connectivity index (χ1) is 12.2. The number of aromatic nitrogens is 5. The molecule has 1 aliphatic heterocycles. The van der Waals surface area contributed by atoms with Gasteiger partial charge in [0.05, 0.1) is 13.1 Å². The summed E-state index contributed by atoms with van der Waals surface area (Å²) in [7, 11) is 0. The molecule has 1 unspecified atom stereocenters. The third-order valence-electron chi connectivity index (χ3n) is 4.53. The number of aryl methyl sites for hydroxylation is 3. The van der Waals surface area contributed by atoms with E-state index in [0.717, 1.165) is 43.0 Å². The Kier molecular flexibility index (Phi) is 4.31. The van der Waals surface area contributed by atoms with Crippen LogP contribution in [0, 0.1) is 6.92 Å². The van der Waals surface area contributed by atoms with Crippen LogP contribution in [-0.2, 0) is 25.9 Å². The highest BCUT2D eigenvalue weighted by Gasteiger charge is 2.21. The van der Waals surface area contributed by atoms with Gasteiger partial charge in [-0.25, -0.2) is 9.67 Å². The van der Waals surface area contributed by atoms with Gasteiger partial charge in [0.2, 0.25) is 0 Å². The SMILES string of the molecule is CCc1nc2n(n1)CC(NCc1noc(-c3ccc(C)cc3)n1)CC2. The van der Waals surface area contributed by atoms with E-state index in [1.165, 1.54) is 5.56 Å². The van der Waals surface area contributed by atoms with E-state index in [1.54, 1.807) is 0 Å². The van der Waals surface area contributed by atoms with Crippen molar-refractivity contribution in [3.05, 3.63) is 47.3 Å². The van der Waals surface area contributed by atoms with Crippen molar-refractivity contribution in [3.8, 4) is 11.5 Å². The summed E-state index contributed by atoms with van der Waals surface area (Å²) >= 11 is 0. The molecule has 0 amide bonds. The highest BCUT2D eigenvalue weighted by Crippen LogP contribution is 2.18. The molecule has 0 bridgehead atoms. The van der Waals surface area contributed by atoms with Crippen molar-refractivity contribution in [2.75, 3.05) is 0 Å². The molecule has 0 radical (unpaired) electrons. The molecule has 1 aliphatic rings. The molecule has 3 aromatic rings. The summed E-state index contributed by atoms with van der Waals surface area (Å²) in [5.41, 5.74) is 2.16. The Hall–Kier alpha value is -2.54. The van der Waals surface area contributed by atoms with E-state index in [0.29, 0.717) is 24.3 Å². The predicted octanol–water partition coefficient (Wildman–Crippen LogP) is 2.30. The summed E-state index contributed by atoms with van der Waals surface area (Å²) in [5.74, 6) is 3.26. The molecule has 25 heavy (non-hydrogen) atoms. The number of hydrogen-bond acceptors (Lipinski definition) is 6. The van der Waals surface area contributed by atoms with Crippen molar-refractivity contribution >= 4 is 0 Å². The molecule has 1 aromatic carbocycles. The summed E-state index contributed by atoms with van der Waals surface area (Å²) in [6, 6.07) is 8.43. The minimum atomic E-state index is 0.347. The fourth-order valence-corrected chi connectivity index (χ4v) is 3.05. The first-order valence-electron chi connectivity index (χ1n) is 8.77. The topological polar surface area (TPSA) is 81.7 Å². The first-order valence-corrected chi connectivity index (χ1v) is 8.77. The molecule has 3 heterocycles. The number of hydrogen-bond donors (Lipinski definition) is 1. The van der Waals surface area contributed by atoms with Crippen molar-refractivity contribution in [2.45, 2.75) is 52.2 Å². The van der Waals surface area contributed by atoms with E-state index in [9.17, 15) is 0 Å². The lowest BCUT2D eigenvalue weighted by Gasteiger charge is -2.22. The third kappa shape index (κ3) is 3.46. The van der Waals surface area contributed by atoms with Gasteiger partial charge in [0, 0.05) is 24.4 Å². The number of nitrogens with zero attached hydrogens (tertiary/aromatic N) is 5. The van der Waals surface area contributed by atoms with Crippen LogP contribution in [0.15, 0.2) is 28.8 Å². The van der Waals surface area contributed by atoms with Gasteiger partial charge in [-0.05, 0) is 25.5 Å². The van der Waals surface area contributed by atoms with E-state index >= 15 is 0 Å². The molecule has 4 rings (SSSR count). The molecule has 130 valence electrons. The smallest absolute Gasteiger partial charge is 0.257 e. The Bertz CT molecular complexity index is 851. The monoisotopic (exact) mass is 338 g/mol. The van der Waals surface area contributed by atoms with Crippen LogP contribution in [0.4, 0.5) is 0 Å². The van der Waals surface area contributed by atoms with Gasteiger partial charge in [0.1, 0.15) is 5.82 Å². The van der Waals surface area contributed by atoms with Crippen LogP contribution < -0.4 is 5.32 Å². The van der Waals surface area contributed by atoms with Crippen LogP contribution in [0.25, 0.3) is 11.5 Å². The zero-order chi connectivity index (χ0) is 17.2. The van der Waals surface area contributed by atoms with E-state index in [4.69, 9.17) is 4.52 Å². The molecule has 0 saturated heterocycles. The molecule has 0 aliphatic carbocycles. The summed E-state index contributed by atoms with van der Waals surface area (Å²) in [6.45, 7) is 5.57. The molecule has 2 aromatic heterocycles. The zero-order valence-corrected chi connectivity index (χ0v) is 14.6. The first kappa shape index (κ1) is 16.0. The van der Waals surface area contributed by atoms with Gasteiger partial charge in [-0.3, -0.25) is 0 Å². The second kappa shape index (κ2) is 6.76. The van der Waals surface area contributed by atoms with Gasteiger partial charge in [0.15, 0.2) is 11.6 Å². The van der Waals surface area contributed by atoms with Gasteiger partial charge in [0.25, 0.3) is 5.89 Å². The van der Waals surface area contributed by atoms with Gasteiger partial charge >= 0.3 is 0 Å². The second-order valence-corrected chi connectivity index (χ2v) is 6.48. The lowest BCUT2D eigenvalue weighted by molar-refractivity contribution is 0.350. The molecule has 7 heteroatoms. The van der Waals surface area contributed by atoms with Crippen molar-refractivity contribution in [3.63, 3.8) is 0 Å². The molecule has 1 atom stereocenters. The average Bonchev–Trinajstić information content (AvgIpc) is 3.26. The van der Waals surface area contributed by atoms with E-state index in [-0.39, 0.29) is 0 Å². The van der Waals surface area contributed by atoms with Crippen molar-refractivity contribution in [1.82, 2.24) is 30.2 Å². The Morgan fingerprint density at radius 3 is 2.84 bits per heavy atom. The molecule has 0 saturated carbocycles. The van der Waals surface area contributed by atoms with E-state index < -0.39 is 0 Å². The van der Waals surface area contributed by atoms with Gasteiger partial charge < -0.3 is 9.84 Å². The minimum Gasteiger partial charge on any atom is -0.334 e. The fourth-order valence-electron chi connectivity index (χ4n) is 3.05. The molecule has 0 fully saturated rings. The molecule has 1 N–H and O–H groups in total. The normalized spacial score (nSPS) is 16.8. The highest BCUT2D eigenvalue weighted by molar-refractivity contribution is 5.53. The van der Waals surface area contributed by atoms with Gasteiger partial charge in [-0.15, -0.1) is 0 Å². The number of fused-ring (bicyclic) bond motifs is 1. The van der Waals surface area contributed by atoms with Gasteiger partial charge in [-0.2, -0.15) is 10.1 Å². The Morgan fingerprint density at radius 1 is 1.20 bits per heavy atom. The molecule has 0 spiro atoms. The van der Waals surface area contributed by atoms with Crippen LogP contribution >= 0.6 is 0 Å². The van der Waals surface area contributed by atoms with Crippen LogP contribution in [0.1, 0.15) is 36.4 Å². The Balaban J connectivity index is 1.37. The third-order valence-corrected chi connectivity index (χ3v) is 4.53. The van der Waals surface area contributed by atoms with Crippen LogP contribution in [0.3, 0.4) is 0 Å². The van der Waals surface area contributed by atoms with Gasteiger partial charge in [-0.1, -0.05) is 29.8 Å². The molecular weight excluding hydrogens is 316 g/mol. The number of rotatable bonds is 5. The lowest BCUT2D eigenvalue weighted by Crippen LogP contribution is -2.37. The fraction of sp³-hybridized carbons (Fsp3) is 0.444. The quantitative estimate of drug-likeness (QED) is 0.769. The zero-order valence-electron chi connectivity index (χ0n) is 14.6. The number of benzene rings is 1. The van der Waals surface area contributed by atoms with Crippen molar-refractivity contribution in [1.29, 1.82) is 0 Å². The highest BCUT2D eigenvalue weighted by atomic mass is 16.5. The second-order valence-electron chi connectivity index (χ2n) is 6.48. The Labute approximate surface area is 146 Å². The lowest BCUT2D eigenvalue weighted by atomic mass is 10.1. The maximum Gasteiger partial charge on any atom is 0.257 e.